The summed E-state index contributed by atoms with van der Waals surface area (Å²) in [6.07, 6.45) is 1.67. The van der Waals surface area contributed by atoms with Gasteiger partial charge in [-0.2, -0.15) is 0 Å². The number of fused-ring (bicyclic) bond motifs is 3. The molecule has 1 aliphatic rings. The third kappa shape index (κ3) is 3.46. The van der Waals surface area contributed by atoms with Gasteiger partial charge in [-0.1, -0.05) is 48.3 Å². The molecule has 3 heterocycles. The number of anilines is 1. The van der Waals surface area contributed by atoms with E-state index in [0.717, 1.165) is 15.8 Å². The number of carbonyl (C=O) groups excluding carboxylic acids is 1. The number of aromatic nitrogens is 1. The van der Waals surface area contributed by atoms with Gasteiger partial charge in [-0.05, 0) is 48.0 Å². The van der Waals surface area contributed by atoms with Gasteiger partial charge in [0.15, 0.2) is 10.6 Å². The molecule has 6 rings (SSSR count). The monoisotopic (exact) mass is 496 g/mol. The van der Waals surface area contributed by atoms with Gasteiger partial charge in [0.25, 0.3) is 5.91 Å². The lowest BCUT2D eigenvalue weighted by atomic mass is 9.98. The lowest BCUT2D eigenvalue weighted by molar-refractivity contribution is 0.0971. The summed E-state index contributed by atoms with van der Waals surface area (Å²) in [6.45, 7) is 4.04. The van der Waals surface area contributed by atoms with Crippen LogP contribution in [-0.2, 0) is 0 Å². The van der Waals surface area contributed by atoms with Crippen molar-refractivity contribution in [3.8, 4) is 11.5 Å². The summed E-state index contributed by atoms with van der Waals surface area (Å²) in [5.74, 6) is 0.985. The van der Waals surface area contributed by atoms with Crippen LogP contribution in [0.5, 0.6) is 11.5 Å². The highest BCUT2D eigenvalue weighted by Gasteiger charge is 2.45. The first-order valence-corrected chi connectivity index (χ1v) is 12.1. The van der Waals surface area contributed by atoms with Crippen molar-refractivity contribution in [1.29, 1.82) is 0 Å². The molecule has 0 saturated carbocycles. The standard InChI is InChI=1S/C28H20N2O5S/c1-3-14-34-17-10-8-16(9-11-17)24-23-25(31)19-6-4-5-7-21(19)35-26(23)27(32)30(24)28-29-20-13-12-18(33-2)15-22(20)36-28/h3-13,15,24H,1,14H2,2H3/t24-/m1/s1. The van der Waals surface area contributed by atoms with Gasteiger partial charge in [-0.15, -0.1) is 0 Å². The number of methoxy groups -OCH3 is 1. The molecule has 0 radical (unpaired) electrons. The molecule has 0 fully saturated rings. The van der Waals surface area contributed by atoms with Crippen molar-refractivity contribution in [2.75, 3.05) is 18.6 Å². The first kappa shape index (κ1) is 22.1. The number of amides is 1. The van der Waals surface area contributed by atoms with Gasteiger partial charge in [0.2, 0.25) is 5.76 Å². The normalized spacial score (nSPS) is 14.9. The maximum Gasteiger partial charge on any atom is 0.297 e. The number of hydrogen-bond acceptors (Lipinski definition) is 7. The van der Waals surface area contributed by atoms with E-state index in [-0.39, 0.29) is 11.2 Å². The average molecular weight is 497 g/mol. The van der Waals surface area contributed by atoms with Crippen LogP contribution < -0.4 is 19.8 Å². The molecule has 0 bridgehead atoms. The largest absolute Gasteiger partial charge is 0.497 e. The first-order valence-electron chi connectivity index (χ1n) is 11.3. The molecule has 7 nitrogen and oxygen atoms in total. The first-order chi connectivity index (χ1) is 17.6. The third-order valence-corrected chi connectivity index (χ3v) is 7.15. The Hall–Kier alpha value is -4.43. The van der Waals surface area contributed by atoms with Gasteiger partial charge < -0.3 is 13.9 Å². The molecule has 0 N–H and O–H groups in total. The van der Waals surface area contributed by atoms with Crippen LogP contribution in [-0.4, -0.2) is 24.6 Å². The van der Waals surface area contributed by atoms with E-state index >= 15 is 0 Å². The van der Waals surface area contributed by atoms with E-state index in [0.29, 0.717) is 39.8 Å². The number of nitrogens with zero attached hydrogens (tertiary/aromatic N) is 2. The third-order valence-electron chi connectivity index (χ3n) is 6.13. The Morgan fingerprint density at radius 3 is 2.64 bits per heavy atom. The molecule has 3 aromatic carbocycles. The van der Waals surface area contributed by atoms with Gasteiger partial charge >= 0.3 is 0 Å². The Morgan fingerprint density at radius 2 is 1.86 bits per heavy atom. The average Bonchev–Trinajstić information content (AvgIpc) is 3.46. The smallest absolute Gasteiger partial charge is 0.297 e. The van der Waals surface area contributed by atoms with E-state index in [1.54, 1.807) is 42.4 Å². The Balaban J connectivity index is 1.55. The number of rotatable bonds is 6. The van der Waals surface area contributed by atoms with Crippen molar-refractivity contribution < 1.29 is 18.7 Å². The highest BCUT2D eigenvalue weighted by Crippen LogP contribution is 2.44. The van der Waals surface area contributed by atoms with E-state index in [2.05, 4.69) is 6.58 Å². The molecular weight excluding hydrogens is 476 g/mol. The second kappa shape index (κ2) is 8.66. The second-order valence-corrected chi connectivity index (χ2v) is 9.26. The van der Waals surface area contributed by atoms with E-state index in [1.807, 2.05) is 42.5 Å². The van der Waals surface area contributed by atoms with Crippen LogP contribution in [0.3, 0.4) is 0 Å². The summed E-state index contributed by atoms with van der Waals surface area (Å²) in [6, 6.07) is 19.1. The fraction of sp³-hybridized carbons (Fsp3) is 0.107. The van der Waals surface area contributed by atoms with Gasteiger partial charge in [0.1, 0.15) is 23.7 Å². The van der Waals surface area contributed by atoms with Crippen molar-refractivity contribution >= 4 is 43.6 Å². The Morgan fingerprint density at radius 1 is 1.08 bits per heavy atom. The van der Waals surface area contributed by atoms with Crippen LogP contribution in [0, 0.1) is 0 Å². The zero-order chi connectivity index (χ0) is 24.8. The maximum atomic E-state index is 13.8. The van der Waals surface area contributed by atoms with E-state index in [9.17, 15) is 9.59 Å². The fourth-order valence-electron chi connectivity index (χ4n) is 4.46. The minimum atomic E-state index is -0.704. The number of thiazole rings is 1. The van der Waals surface area contributed by atoms with Gasteiger partial charge in [0, 0.05) is 0 Å². The van der Waals surface area contributed by atoms with Gasteiger partial charge in [0.05, 0.1) is 34.3 Å². The van der Waals surface area contributed by atoms with Crippen LogP contribution in [0.2, 0.25) is 0 Å². The molecule has 0 spiro atoms. The van der Waals surface area contributed by atoms with Crippen LogP contribution in [0.25, 0.3) is 21.2 Å². The number of para-hydroxylation sites is 1. The van der Waals surface area contributed by atoms with E-state index < -0.39 is 11.9 Å². The zero-order valence-electron chi connectivity index (χ0n) is 19.3. The Kier molecular flexibility index (Phi) is 5.30. The molecule has 1 atom stereocenters. The Labute approximate surface area is 209 Å². The molecule has 36 heavy (non-hydrogen) atoms. The molecule has 5 aromatic rings. The SMILES string of the molecule is C=CCOc1ccc([C@@H]2c3c(oc4ccccc4c3=O)C(=O)N2c2nc3ccc(OC)cc3s2)cc1. The van der Waals surface area contributed by atoms with Crippen LogP contribution >= 0.6 is 11.3 Å². The summed E-state index contributed by atoms with van der Waals surface area (Å²) in [5, 5.41) is 0.894. The minimum Gasteiger partial charge on any atom is -0.497 e. The van der Waals surface area contributed by atoms with Crippen LogP contribution in [0.15, 0.2) is 88.6 Å². The van der Waals surface area contributed by atoms with Crippen LogP contribution in [0.1, 0.15) is 27.7 Å². The van der Waals surface area contributed by atoms with Crippen molar-refractivity contribution in [3.05, 3.63) is 106 Å². The summed E-state index contributed by atoms with van der Waals surface area (Å²) in [4.78, 5) is 33.7. The Bertz CT molecular complexity index is 1700. The molecule has 0 saturated heterocycles. The number of carbonyl (C=O) groups is 1. The molecule has 0 unspecified atom stereocenters. The summed E-state index contributed by atoms with van der Waals surface area (Å²) >= 11 is 1.36. The molecule has 178 valence electrons. The lowest BCUT2D eigenvalue weighted by Gasteiger charge is -2.22. The highest BCUT2D eigenvalue weighted by atomic mass is 32.1. The van der Waals surface area contributed by atoms with E-state index in [4.69, 9.17) is 18.9 Å². The maximum absolute atomic E-state index is 13.8. The van der Waals surface area contributed by atoms with Gasteiger partial charge in [-0.25, -0.2) is 4.98 Å². The van der Waals surface area contributed by atoms with E-state index in [1.165, 1.54) is 11.3 Å². The zero-order valence-corrected chi connectivity index (χ0v) is 20.1. The molecule has 8 heteroatoms. The van der Waals surface area contributed by atoms with Crippen molar-refractivity contribution in [3.63, 3.8) is 0 Å². The number of benzene rings is 3. The summed E-state index contributed by atoms with van der Waals surface area (Å²) in [5.41, 5.74) is 1.92. The highest BCUT2D eigenvalue weighted by molar-refractivity contribution is 7.22. The lowest BCUT2D eigenvalue weighted by Crippen LogP contribution is -2.29. The molecular formula is C28H20N2O5S. The molecule has 0 aliphatic carbocycles. The number of ether oxygens (including phenoxy) is 2. The predicted octanol–water partition coefficient (Wildman–Crippen LogP) is 5.73. The molecule has 1 aliphatic heterocycles. The quantitative estimate of drug-likeness (QED) is 0.280. The minimum absolute atomic E-state index is 0.0347. The summed E-state index contributed by atoms with van der Waals surface area (Å²) in [7, 11) is 1.60. The number of hydrogen-bond donors (Lipinski definition) is 0. The predicted molar refractivity (Wildman–Crippen MR) is 139 cm³/mol. The van der Waals surface area contributed by atoms with Crippen molar-refractivity contribution in [2.45, 2.75) is 6.04 Å². The fourth-order valence-corrected chi connectivity index (χ4v) is 5.48. The second-order valence-electron chi connectivity index (χ2n) is 8.25. The molecule has 2 aromatic heterocycles. The van der Waals surface area contributed by atoms with Crippen molar-refractivity contribution in [2.24, 2.45) is 0 Å². The summed E-state index contributed by atoms with van der Waals surface area (Å²) < 4.78 is 17.8. The van der Waals surface area contributed by atoms with Crippen LogP contribution in [0.4, 0.5) is 5.13 Å². The molecule has 1 amide bonds. The van der Waals surface area contributed by atoms with Gasteiger partial charge in [-0.3, -0.25) is 14.5 Å². The van der Waals surface area contributed by atoms with Crippen molar-refractivity contribution in [1.82, 2.24) is 4.98 Å². The topological polar surface area (TPSA) is 81.9 Å².